The summed E-state index contributed by atoms with van der Waals surface area (Å²) < 4.78 is 3.72. The van der Waals surface area contributed by atoms with Crippen molar-refractivity contribution in [2.24, 2.45) is 5.41 Å². The number of halogens is 2. The second kappa shape index (κ2) is 6.07. The lowest BCUT2D eigenvalue weighted by Crippen LogP contribution is -2.26. The maximum absolute atomic E-state index is 6.01. The van der Waals surface area contributed by atoms with E-state index in [4.69, 9.17) is 16.6 Å². The molecule has 1 aromatic carbocycles. The van der Waals surface area contributed by atoms with Crippen molar-refractivity contribution in [2.45, 2.75) is 52.0 Å². The van der Waals surface area contributed by atoms with E-state index >= 15 is 0 Å². The zero-order valence-corrected chi connectivity index (χ0v) is 15.6. The molecule has 1 saturated carbocycles. The normalized spacial score (nSPS) is 21.8. The monoisotopic (exact) mass is 416 g/mol. The van der Waals surface area contributed by atoms with Crippen molar-refractivity contribution < 1.29 is 0 Å². The van der Waals surface area contributed by atoms with Crippen LogP contribution in [0.4, 0.5) is 0 Å². The van der Waals surface area contributed by atoms with Gasteiger partial charge in [-0.25, -0.2) is 4.98 Å². The molecule has 21 heavy (non-hydrogen) atoms. The van der Waals surface area contributed by atoms with Gasteiger partial charge in [-0.2, -0.15) is 0 Å². The average molecular weight is 417 g/mol. The average Bonchev–Trinajstić information content (AvgIpc) is 2.75. The fourth-order valence-electron chi connectivity index (χ4n) is 3.67. The standard InChI is InChI=1S/C17H22ClIN2/c1-17(2)8-3-4-13(11-17)21-15-6-5-12(19)10-14(15)20-16(21)7-9-18/h5-6,10,13H,3-4,7-9,11H2,1-2H3. The van der Waals surface area contributed by atoms with Gasteiger partial charge in [0.15, 0.2) is 0 Å². The number of alkyl halides is 1. The van der Waals surface area contributed by atoms with E-state index in [0.717, 1.165) is 17.8 Å². The number of fused-ring (bicyclic) bond motifs is 1. The van der Waals surface area contributed by atoms with Crippen LogP contribution in [0, 0.1) is 8.99 Å². The summed E-state index contributed by atoms with van der Waals surface area (Å²) in [6.07, 6.45) is 5.99. The van der Waals surface area contributed by atoms with Gasteiger partial charge in [-0.1, -0.05) is 20.3 Å². The van der Waals surface area contributed by atoms with Crippen LogP contribution in [0.3, 0.4) is 0 Å². The largest absolute Gasteiger partial charge is 0.325 e. The topological polar surface area (TPSA) is 17.8 Å². The van der Waals surface area contributed by atoms with E-state index in [9.17, 15) is 0 Å². The number of nitrogens with zero attached hydrogens (tertiary/aromatic N) is 2. The first-order valence-electron chi connectivity index (χ1n) is 7.72. The molecule has 1 atom stereocenters. The molecule has 0 radical (unpaired) electrons. The Hall–Kier alpha value is -0.290. The Morgan fingerprint density at radius 1 is 1.43 bits per heavy atom. The van der Waals surface area contributed by atoms with Gasteiger partial charge in [-0.15, -0.1) is 11.6 Å². The Morgan fingerprint density at radius 3 is 2.95 bits per heavy atom. The number of aromatic nitrogens is 2. The summed E-state index contributed by atoms with van der Waals surface area (Å²) in [5.41, 5.74) is 2.82. The van der Waals surface area contributed by atoms with Crippen LogP contribution in [-0.2, 0) is 6.42 Å². The maximum Gasteiger partial charge on any atom is 0.111 e. The van der Waals surface area contributed by atoms with Gasteiger partial charge >= 0.3 is 0 Å². The minimum Gasteiger partial charge on any atom is -0.325 e. The molecule has 0 aliphatic heterocycles. The van der Waals surface area contributed by atoms with Gasteiger partial charge in [-0.05, 0) is 65.5 Å². The molecular formula is C17H22ClIN2. The number of rotatable bonds is 3. The Kier molecular flexibility index (Phi) is 4.51. The number of hydrogen-bond acceptors (Lipinski definition) is 1. The summed E-state index contributed by atoms with van der Waals surface area (Å²) in [7, 11) is 0. The summed E-state index contributed by atoms with van der Waals surface area (Å²) in [6, 6.07) is 7.15. The first-order chi connectivity index (χ1) is 10.00. The minimum atomic E-state index is 0.431. The van der Waals surface area contributed by atoms with E-state index in [1.165, 1.54) is 34.8 Å². The van der Waals surface area contributed by atoms with E-state index in [2.05, 4.69) is 59.2 Å². The van der Waals surface area contributed by atoms with E-state index in [-0.39, 0.29) is 0 Å². The molecule has 1 fully saturated rings. The van der Waals surface area contributed by atoms with E-state index in [0.29, 0.717) is 17.3 Å². The number of benzene rings is 1. The van der Waals surface area contributed by atoms with Gasteiger partial charge in [0.05, 0.1) is 11.0 Å². The third-order valence-electron chi connectivity index (χ3n) is 4.59. The summed E-state index contributed by atoms with van der Waals surface area (Å²) in [5.74, 6) is 1.79. The van der Waals surface area contributed by atoms with Gasteiger partial charge in [-0.3, -0.25) is 0 Å². The molecule has 1 aromatic heterocycles. The Morgan fingerprint density at radius 2 is 2.24 bits per heavy atom. The molecule has 1 aliphatic carbocycles. The third-order valence-corrected chi connectivity index (χ3v) is 5.45. The van der Waals surface area contributed by atoms with Crippen molar-refractivity contribution in [2.75, 3.05) is 5.88 Å². The van der Waals surface area contributed by atoms with Crippen molar-refractivity contribution in [3.63, 3.8) is 0 Å². The lowest BCUT2D eigenvalue weighted by molar-refractivity contribution is 0.184. The first kappa shape index (κ1) is 15.6. The summed E-state index contributed by atoms with van der Waals surface area (Å²) in [5, 5.41) is 0. The SMILES string of the molecule is CC1(C)CCCC(n2c(CCCl)nc3cc(I)ccc32)C1. The molecule has 0 spiro atoms. The fraction of sp³-hybridized carbons (Fsp3) is 0.588. The molecule has 2 nitrogen and oxygen atoms in total. The predicted octanol–water partition coefficient (Wildman–Crippen LogP) is 5.56. The molecule has 1 heterocycles. The van der Waals surface area contributed by atoms with E-state index in [1.54, 1.807) is 0 Å². The van der Waals surface area contributed by atoms with Crippen LogP contribution in [0.1, 0.15) is 51.4 Å². The minimum absolute atomic E-state index is 0.431. The second-order valence-corrected chi connectivity index (χ2v) is 8.51. The Balaban J connectivity index is 2.08. The molecule has 1 unspecified atom stereocenters. The maximum atomic E-state index is 6.01. The molecule has 0 N–H and O–H groups in total. The van der Waals surface area contributed by atoms with Crippen LogP contribution in [0.15, 0.2) is 18.2 Å². The van der Waals surface area contributed by atoms with Crippen molar-refractivity contribution in [3.05, 3.63) is 27.6 Å². The predicted molar refractivity (Wildman–Crippen MR) is 98.2 cm³/mol. The highest BCUT2D eigenvalue weighted by Crippen LogP contribution is 2.42. The van der Waals surface area contributed by atoms with Crippen LogP contribution in [0.25, 0.3) is 11.0 Å². The van der Waals surface area contributed by atoms with Crippen molar-refractivity contribution in [3.8, 4) is 0 Å². The molecule has 0 saturated heterocycles. The van der Waals surface area contributed by atoms with E-state index in [1.807, 2.05) is 0 Å². The van der Waals surface area contributed by atoms with Crippen LogP contribution >= 0.6 is 34.2 Å². The third kappa shape index (κ3) is 3.24. The highest BCUT2D eigenvalue weighted by molar-refractivity contribution is 14.1. The summed E-state index contributed by atoms with van der Waals surface area (Å²) >= 11 is 8.36. The van der Waals surface area contributed by atoms with Gasteiger partial charge in [0.1, 0.15) is 5.82 Å². The summed E-state index contributed by atoms with van der Waals surface area (Å²) in [4.78, 5) is 4.86. The summed E-state index contributed by atoms with van der Waals surface area (Å²) in [6.45, 7) is 4.78. The van der Waals surface area contributed by atoms with Crippen molar-refractivity contribution in [1.82, 2.24) is 9.55 Å². The van der Waals surface area contributed by atoms with E-state index < -0.39 is 0 Å². The lowest BCUT2D eigenvalue weighted by Gasteiger charge is -2.36. The number of imidazole rings is 1. The van der Waals surface area contributed by atoms with Gasteiger partial charge in [0.25, 0.3) is 0 Å². The molecule has 114 valence electrons. The highest BCUT2D eigenvalue weighted by Gasteiger charge is 2.30. The van der Waals surface area contributed by atoms with Gasteiger partial charge < -0.3 is 4.57 Å². The number of aryl methyl sites for hydroxylation is 1. The zero-order chi connectivity index (χ0) is 15.0. The first-order valence-corrected chi connectivity index (χ1v) is 9.34. The van der Waals surface area contributed by atoms with Crippen LogP contribution < -0.4 is 0 Å². The van der Waals surface area contributed by atoms with Crippen LogP contribution in [0.2, 0.25) is 0 Å². The van der Waals surface area contributed by atoms with Gasteiger partial charge in [0, 0.05) is 21.9 Å². The quantitative estimate of drug-likeness (QED) is 0.473. The highest BCUT2D eigenvalue weighted by atomic mass is 127. The van der Waals surface area contributed by atoms with Crippen molar-refractivity contribution >= 4 is 45.2 Å². The molecule has 0 bridgehead atoms. The van der Waals surface area contributed by atoms with Gasteiger partial charge in [0.2, 0.25) is 0 Å². The molecule has 3 rings (SSSR count). The fourth-order valence-corrected chi connectivity index (χ4v) is 4.31. The smallest absolute Gasteiger partial charge is 0.111 e. The zero-order valence-electron chi connectivity index (χ0n) is 12.7. The lowest BCUT2D eigenvalue weighted by atomic mass is 9.75. The molecule has 2 aromatic rings. The second-order valence-electron chi connectivity index (χ2n) is 6.88. The molecule has 0 amide bonds. The van der Waals surface area contributed by atoms with Crippen LogP contribution in [0.5, 0.6) is 0 Å². The molecular weight excluding hydrogens is 395 g/mol. The molecule has 1 aliphatic rings. The van der Waals surface area contributed by atoms with Crippen LogP contribution in [-0.4, -0.2) is 15.4 Å². The number of hydrogen-bond donors (Lipinski definition) is 0. The van der Waals surface area contributed by atoms with Crippen molar-refractivity contribution in [1.29, 1.82) is 0 Å². The molecule has 4 heteroatoms. The Labute approximate surface area is 145 Å². The Bertz CT molecular complexity index is 648.